The Bertz CT molecular complexity index is 1220. The lowest BCUT2D eigenvalue weighted by Gasteiger charge is -2.18. The average molecular weight is 466 g/mol. The first-order chi connectivity index (χ1) is 15.9. The van der Waals surface area contributed by atoms with Crippen LogP contribution in [0, 0.1) is 0 Å². The van der Waals surface area contributed by atoms with Crippen LogP contribution in [0.25, 0.3) is 0 Å². The van der Waals surface area contributed by atoms with Gasteiger partial charge in [-0.1, -0.05) is 62.4 Å². The van der Waals surface area contributed by atoms with Gasteiger partial charge in [-0.05, 0) is 35.9 Å². The summed E-state index contributed by atoms with van der Waals surface area (Å²) in [5.41, 5.74) is 1.79. The molecule has 0 saturated carbocycles. The van der Waals surface area contributed by atoms with Crippen molar-refractivity contribution in [1.29, 1.82) is 0 Å². The minimum absolute atomic E-state index is 0.0488. The van der Waals surface area contributed by atoms with Crippen molar-refractivity contribution >= 4 is 27.5 Å². The minimum atomic E-state index is -3.70. The van der Waals surface area contributed by atoms with Gasteiger partial charge in [0.15, 0.2) is 0 Å². The minimum Gasteiger partial charge on any atom is -0.348 e. The second-order valence-electron chi connectivity index (χ2n) is 7.29. The Morgan fingerprint density at radius 2 is 1.48 bits per heavy atom. The van der Waals surface area contributed by atoms with Crippen molar-refractivity contribution in [3.63, 3.8) is 0 Å². The molecule has 0 heterocycles. The fourth-order valence-corrected chi connectivity index (χ4v) is 4.87. The lowest BCUT2D eigenvalue weighted by atomic mass is 10.1. The van der Waals surface area contributed by atoms with Crippen LogP contribution in [-0.2, 0) is 16.6 Å². The predicted octanol–water partition coefficient (Wildman–Crippen LogP) is 3.90. The summed E-state index contributed by atoms with van der Waals surface area (Å²) in [4.78, 5) is 25.7. The Kier molecular flexibility index (Phi) is 7.97. The molecule has 0 saturated heterocycles. The zero-order valence-electron chi connectivity index (χ0n) is 18.6. The van der Waals surface area contributed by atoms with Gasteiger partial charge in [0.1, 0.15) is 0 Å². The van der Waals surface area contributed by atoms with Crippen LogP contribution in [0.2, 0.25) is 0 Å². The molecule has 8 heteroatoms. The molecule has 0 aromatic heterocycles. The fraction of sp³-hybridized carbons (Fsp3) is 0.200. The number of para-hydroxylation sites is 1. The molecular formula is C25H27N3O4S. The van der Waals surface area contributed by atoms with E-state index in [1.165, 1.54) is 28.6 Å². The quantitative estimate of drug-likeness (QED) is 0.501. The van der Waals surface area contributed by atoms with E-state index >= 15 is 0 Å². The lowest BCUT2D eigenvalue weighted by Crippen LogP contribution is -2.30. The second kappa shape index (κ2) is 10.9. The topological polar surface area (TPSA) is 95.6 Å². The Balaban J connectivity index is 1.78. The Morgan fingerprint density at radius 1 is 0.818 bits per heavy atom. The van der Waals surface area contributed by atoms with E-state index in [0.717, 1.165) is 5.56 Å². The molecule has 0 aliphatic carbocycles. The monoisotopic (exact) mass is 465 g/mol. The molecule has 0 fully saturated rings. The van der Waals surface area contributed by atoms with Crippen molar-refractivity contribution in [2.24, 2.45) is 0 Å². The third kappa shape index (κ3) is 5.85. The molecule has 3 rings (SSSR count). The normalized spacial score (nSPS) is 11.2. The molecule has 33 heavy (non-hydrogen) atoms. The standard InChI is InChI=1S/C25H27N3O4S/c1-3-28(4-2)33(31,32)21-14-10-13-20(17-21)24(29)27-23-16-9-8-15-22(23)25(30)26-18-19-11-6-5-7-12-19/h5-17H,3-4,18H2,1-2H3,(H,26,30)(H,27,29). The molecule has 0 atom stereocenters. The number of rotatable bonds is 9. The molecule has 0 aliphatic heterocycles. The molecule has 0 radical (unpaired) electrons. The van der Waals surface area contributed by atoms with Crippen molar-refractivity contribution in [2.75, 3.05) is 18.4 Å². The number of benzene rings is 3. The van der Waals surface area contributed by atoms with Gasteiger partial charge in [-0.3, -0.25) is 9.59 Å². The van der Waals surface area contributed by atoms with E-state index in [1.54, 1.807) is 38.1 Å². The highest BCUT2D eigenvalue weighted by molar-refractivity contribution is 7.89. The summed E-state index contributed by atoms with van der Waals surface area (Å²) in [6.45, 7) is 4.55. The smallest absolute Gasteiger partial charge is 0.255 e. The third-order valence-corrected chi connectivity index (χ3v) is 7.20. The largest absolute Gasteiger partial charge is 0.348 e. The summed E-state index contributed by atoms with van der Waals surface area (Å²) in [6.07, 6.45) is 0. The Labute approximate surface area is 194 Å². The molecule has 3 aromatic rings. The molecule has 3 aromatic carbocycles. The van der Waals surface area contributed by atoms with E-state index in [9.17, 15) is 18.0 Å². The van der Waals surface area contributed by atoms with Crippen molar-refractivity contribution in [1.82, 2.24) is 9.62 Å². The van der Waals surface area contributed by atoms with Crippen LogP contribution in [0.15, 0.2) is 83.8 Å². The number of anilines is 1. The first kappa shape index (κ1) is 24.2. The van der Waals surface area contributed by atoms with Crippen LogP contribution in [0.1, 0.15) is 40.1 Å². The second-order valence-corrected chi connectivity index (χ2v) is 9.22. The number of amides is 2. The zero-order chi connectivity index (χ0) is 23.8. The third-order valence-electron chi connectivity index (χ3n) is 5.16. The van der Waals surface area contributed by atoms with Gasteiger partial charge in [-0.15, -0.1) is 0 Å². The maximum atomic E-state index is 12.9. The average Bonchev–Trinajstić information content (AvgIpc) is 2.84. The van der Waals surface area contributed by atoms with Gasteiger partial charge in [0.05, 0.1) is 16.1 Å². The SMILES string of the molecule is CCN(CC)S(=O)(=O)c1cccc(C(=O)Nc2ccccc2C(=O)NCc2ccccc2)c1. The zero-order valence-corrected chi connectivity index (χ0v) is 19.4. The van der Waals surface area contributed by atoms with E-state index in [0.29, 0.717) is 30.9 Å². The van der Waals surface area contributed by atoms with Crippen molar-refractivity contribution in [2.45, 2.75) is 25.3 Å². The summed E-state index contributed by atoms with van der Waals surface area (Å²) in [5, 5.41) is 5.58. The molecule has 2 amide bonds. The van der Waals surface area contributed by atoms with E-state index in [-0.39, 0.29) is 16.4 Å². The van der Waals surface area contributed by atoms with Gasteiger partial charge in [0, 0.05) is 25.2 Å². The number of carbonyl (C=O) groups excluding carboxylic acids is 2. The predicted molar refractivity (Wildman–Crippen MR) is 129 cm³/mol. The molecule has 2 N–H and O–H groups in total. The van der Waals surface area contributed by atoms with Crippen LogP contribution in [0.4, 0.5) is 5.69 Å². The van der Waals surface area contributed by atoms with Gasteiger partial charge in [-0.2, -0.15) is 4.31 Å². The highest BCUT2D eigenvalue weighted by Crippen LogP contribution is 2.20. The van der Waals surface area contributed by atoms with Crippen LogP contribution < -0.4 is 10.6 Å². The maximum Gasteiger partial charge on any atom is 0.255 e. The van der Waals surface area contributed by atoms with E-state index in [2.05, 4.69) is 10.6 Å². The first-order valence-corrected chi connectivity index (χ1v) is 12.1. The van der Waals surface area contributed by atoms with Gasteiger partial charge in [0.2, 0.25) is 10.0 Å². The maximum absolute atomic E-state index is 12.9. The highest BCUT2D eigenvalue weighted by Gasteiger charge is 2.23. The molecule has 172 valence electrons. The Hall–Kier alpha value is -3.49. The number of hydrogen-bond donors (Lipinski definition) is 2. The summed E-state index contributed by atoms with van der Waals surface area (Å²) in [6, 6.07) is 22.1. The first-order valence-electron chi connectivity index (χ1n) is 10.7. The summed E-state index contributed by atoms with van der Waals surface area (Å²) in [7, 11) is -3.70. The molecule has 0 spiro atoms. The number of sulfonamides is 1. The molecule has 0 aliphatic rings. The summed E-state index contributed by atoms with van der Waals surface area (Å²) in [5.74, 6) is -0.831. The van der Waals surface area contributed by atoms with E-state index in [1.807, 2.05) is 30.3 Å². The van der Waals surface area contributed by atoms with Crippen LogP contribution in [0.5, 0.6) is 0 Å². The van der Waals surface area contributed by atoms with Gasteiger partial charge >= 0.3 is 0 Å². The molecule has 7 nitrogen and oxygen atoms in total. The molecule has 0 unspecified atom stereocenters. The summed E-state index contributed by atoms with van der Waals surface area (Å²) >= 11 is 0. The van der Waals surface area contributed by atoms with E-state index < -0.39 is 15.9 Å². The molecular weight excluding hydrogens is 438 g/mol. The van der Waals surface area contributed by atoms with Crippen molar-refractivity contribution in [3.05, 3.63) is 95.6 Å². The van der Waals surface area contributed by atoms with Gasteiger partial charge < -0.3 is 10.6 Å². The van der Waals surface area contributed by atoms with Crippen LogP contribution in [-0.4, -0.2) is 37.6 Å². The van der Waals surface area contributed by atoms with Crippen molar-refractivity contribution in [3.8, 4) is 0 Å². The van der Waals surface area contributed by atoms with Gasteiger partial charge in [0.25, 0.3) is 11.8 Å². The fourth-order valence-electron chi connectivity index (χ4n) is 3.37. The van der Waals surface area contributed by atoms with Gasteiger partial charge in [-0.25, -0.2) is 8.42 Å². The van der Waals surface area contributed by atoms with Crippen molar-refractivity contribution < 1.29 is 18.0 Å². The number of hydrogen-bond acceptors (Lipinski definition) is 4. The highest BCUT2D eigenvalue weighted by atomic mass is 32.2. The van der Waals surface area contributed by atoms with E-state index in [4.69, 9.17) is 0 Å². The molecule has 0 bridgehead atoms. The van der Waals surface area contributed by atoms with Crippen LogP contribution >= 0.6 is 0 Å². The summed E-state index contributed by atoms with van der Waals surface area (Å²) < 4.78 is 26.9. The number of nitrogens with zero attached hydrogens (tertiary/aromatic N) is 1. The lowest BCUT2D eigenvalue weighted by molar-refractivity contribution is 0.0951. The number of carbonyl (C=O) groups is 2. The van der Waals surface area contributed by atoms with Crippen LogP contribution in [0.3, 0.4) is 0 Å². The Morgan fingerprint density at radius 3 is 2.18 bits per heavy atom. The number of nitrogens with one attached hydrogen (secondary N) is 2.